The SMILES string of the molecule is COC1=CC(C)OC(OC2CCC3(C)C(=CCC4(C)C3CCC3(C)C4CCC3(O)C(C)OC3CC4OCC5(CC(OC)C(OC6CC(O)C(OC7CC(O)C(OC8CC(OC)C(OC9OC(C)C(O)C(OC)C9O)C(C)O8)C(C)O7)C(C)O6)C(C)O5)OOC4C(C)O3)C2)C1=O. The predicted octanol–water partition coefficient (Wildman–Crippen LogP) is 5.24. The van der Waals surface area contributed by atoms with Crippen molar-refractivity contribution >= 4 is 5.78 Å². The van der Waals surface area contributed by atoms with Gasteiger partial charge >= 0.3 is 0 Å². The van der Waals surface area contributed by atoms with E-state index < -0.39 is 177 Å². The van der Waals surface area contributed by atoms with Crippen LogP contribution in [0.5, 0.6) is 0 Å². The first kappa shape index (κ1) is 72.8. The molecule has 3 saturated carbocycles. The maximum Gasteiger partial charge on any atom is 0.252 e. The molecule has 0 bridgehead atoms. The number of ether oxygens (including phenoxy) is 18. The highest BCUT2D eigenvalue weighted by atomic mass is 17.2. The highest BCUT2D eigenvalue weighted by Crippen LogP contribution is 2.72. The maximum atomic E-state index is 13.1. The summed E-state index contributed by atoms with van der Waals surface area (Å²) in [5, 5.41) is 57.6. The Bertz CT molecular complexity index is 2670. The Morgan fingerprint density at radius 1 is 0.611 bits per heavy atom. The van der Waals surface area contributed by atoms with E-state index in [1.54, 1.807) is 40.9 Å². The van der Waals surface area contributed by atoms with Crippen LogP contribution in [-0.2, 0) is 99.8 Å². The molecule has 542 valence electrons. The summed E-state index contributed by atoms with van der Waals surface area (Å²) in [6, 6.07) is 0. The molecule has 10 fully saturated rings. The van der Waals surface area contributed by atoms with Crippen molar-refractivity contribution < 1.29 is 125 Å². The van der Waals surface area contributed by atoms with Crippen LogP contribution in [-0.4, -0.2) is 250 Å². The second kappa shape index (κ2) is 28.7. The van der Waals surface area contributed by atoms with Crippen molar-refractivity contribution in [2.24, 2.45) is 28.1 Å². The van der Waals surface area contributed by atoms with Gasteiger partial charge in [-0.15, -0.1) is 0 Å². The molecule has 0 aromatic carbocycles. The summed E-state index contributed by atoms with van der Waals surface area (Å²) in [7, 11) is 6.03. The van der Waals surface area contributed by atoms with Crippen LogP contribution in [0.1, 0.15) is 160 Å². The average molecular weight is 1360 g/mol. The van der Waals surface area contributed by atoms with Crippen LogP contribution >= 0.6 is 0 Å². The number of hydrogen-bond donors (Lipinski definition) is 5. The van der Waals surface area contributed by atoms with Gasteiger partial charge in [-0.3, -0.25) is 4.79 Å². The molecule has 5 N–H and O–H groups in total. The van der Waals surface area contributed by atoms with Gasteiger partial charge in [0, 0.05) is 58.8 Å². The Morgan fingerprint density at radius 3 is 1.87 bits per heavy atom. The molecule has 95 heavy (non-hydrogen) atoms. The third-order valence-corrected chi connectivity index (χ3v) is 24.6. The largest absolute Gasteiger partial charge is 0.493 e. The molecule has 12 rings (SSSR count). The molecule has 35 unspecified atom stereocenters. The van der Waals surface area contributed by atoms with Crippen LogP contribution in [0.3, 0.4) is 0 Å². The molecule has 12 aliphatic rings. The van der Waals surface area contributed by atoms with Crippen molar-refractivity contribution in [1.29, 1.82) is 0 Å². The summed E-state index contributed by atoms with van der Waals surface area (Å²) in [4.78, 5) is 25.6. The van der Waals surface area contributed by atoms with Crippen molar-refractivity contribution in [3.05, 3.63) is 23.5 Å². The molecular weight excluding hydrogens is 1240 g/mol. The number of methoxy groups -OCH3 is 4. The molecule has 8 heterocycles. The highest BCUT2D eigenvalue weighted by Gasteiger charge is 2.70. The number of hydrogen-bond acceptors (Lipinski definition) is 26. The van der Waals surface area contributed by atoms with E-state index in [0.29, 0.717) is 18.8 Å². The Hall–Kier alpha value is -2.01. The Morgan fingerprint density at radius 2 is 1.23 bits per heavy atom. The standard InChI is InChI=1S/C69H110O26/c1-32-24-44(76-12)55(73)63(81-32)88-41-17-21-65(9)40(25-41)16-20-66(10)48(65)18-22-67(11)49(66)19-23-69(67,75)39(8)87-52-29-46-61(37(6)85-52)94-95-68(31-80-46)30-47(78-14)60(38(7)93-68)91-51-27-43(71)57(34(3)83-51)89-50-26-42(70)58(35(4)82-50)90-53-28-45(77-13)59(36(5)84-53)92-64-56(74)62(79-15)54(72)33(2)86-64/h16,24,32-39,41-43,45-54,56-64,70-72,74-75H,17-23,25-31H2,1-15H3. The minimum absolute atomic E-state index is 0.00907. The number of allylic oxidation sites excluding steroid dienone is 1. The second-order valence-electron chi connectivity index (χ2n) is 30.4. The van der Waals surface area contributed by atoms with Gasteiger partial charge in [-0.05, 0) is 135 Å². The fourth-order valence-corrected chi connectivity index (χ4v) is 19.3. The zero-order valence-corrected chi connectivity index (χ0v) is 58.2. The number of Topliss-reactive ketones (excluding diaryl/α,β-unsaturated/α-hetero) is 1. The van der Waals surface area contributed by atoms with Crippen LogP contribution in [0.4, 0.5) is 0 Å². The Kier molecular flexibility index (Phi) is 22.0. The number of fused-ring (bicyclic) bond motifs is 6. The van der Waals surface area contributed by atoms with Gasteiger partial charge in [-0.2, -0.15) is 4.89 Å². The lowest BCUT2D eigenvalue weighted by atomic mass is 9.41. The lowest BCUT2D eigenvalue weighted by molar-refractivity contribution is -0.472. The van der Waals surface area contributed by atoms with E-state index in [4.69, 9.17) is 95.0 Å². The van der Waals surface area contributed by atoms with Gasteiger partial charge in [-0.1, -0.05) is 32.4 Å². The van der Waals surface area contributed by atoms with Gasteiger partial charge in [0.1, 0.15) is 55.4 Å². The van der Waals surface area contributed by atoms with Gasteiger partial charge < -0.3 is 111 Å². The molecule has 1 spiro atoms. The first-order chi connectivity index (χ1) is 45.1. The first-order valence-electron chi connectivity index (χ1n) is 35.1. The van der Waals surface area contributed by atoms with Crippen molar-refractivity contribution in [1.82, 2.24) is 0 Å². The van der Waals surface area contributed by atoms with Gasteiger partial charge in [0.05, 0.1) is 98.2 Å². The van der Waals surface area contributed by atoms with Crippen molar-refractivity contribution in [2.45, 2.75) is 343 Å². The normalized spacial score (nSPS) is 53.1. The van der Waals surface area contributed by atoms with Crippen LogP contribution in [0.25, 0.3) is 0 Å². The number of carbonyl (C=O) groups excluding carboxylic acids is 1. The van der Waals surface area contributed by atoms with Crippen LogP contribution in [0, 0.1) is 28.1 Å². The summed E-state index contributed by atoms with van der Waals surface area (Å²) >= 11 is 0. The molecule has 8 aliphatic heterocycles. The first-order valence-corrected chi connectivity index (χ1v) is 35.1. The van der Waals surface area contributed by atoms with E-state index in [-0.39, 0.29) is 72.8 Å². The number of rotatable bonds is 17. The fourth-order valence-electron chi connectivity index (χ4n) is 19.3. The third-order valence-electron chi connectivity index (χ3n) is 24.6. The topological polar surface area (TPSA) is 303 Å². The predicted molar refractivity (Wildman–Crippen MR) is 331 cm³/mol. The molecule has 35 atom stereocenters. The Labute approximate surface area is 558 Å². The van der Waals surface area contributed by atoms with Crippen LogP contribution in [0.2, 0.25) is 0 Å². The maximum absolute atomic E-state index is 13.1. The van der Waals surface area contributed by atoms with Gasteiger partial charge in [0.25, 0.3) is 5.78 Å². The monoisotopic (exact) mass is 1350 g/mol. The minimum atomic E-state index is -1.37. The summed E-state index contributed by atoms with van der Waals surface area (Å²) < 4.78 is 112. The quantitative estimate of drug-likeness (QED) is 0.0919. The molecular formula is C69H110O26. The second-order valence-corrected chi connectivity index (χ2v) is 30.4. The number of aliphatic hydroxyl groups excluding tert-OH is 4. The zero-order chi connectivity index (χ0) is 68.0. The molecule has 4 aliphatic carbocycles. The summed E-state index contributed by atoms with van der Waals surface area (Å²) in [6.45, 7) is 21.8. The third kappa shape index (κ3) is 13.7. The number of carbonyl (C=O) groups is 1. The average Bonchev–Trinajstić information content (AvgIpc) is 1.62. The van der Waals surface area contributed by atoms with E-state index in [2.05, 4.69) is 26.8 Å². The van der Waals surface area contributed by atoms with Gasteiger partial charge in [0.2, 0.25) is 12.1 Å². The summed E-state index contributed by atoms with van der Waals surface area (Å²) in [5.74, 6) is -0.680. The molecule has 0 amide bonds. The molecule has 26 heteroatoms. The number of ketones is 1. The smallest absolute Gasteiger partial charge is 0.252 e. The lowest BCUT2D eigenvalue weighted by Gasteiger charge is -2.64. The van der Waals surface area contributed by atoms with E-state index in [1.807, 2.05) is 27.7 Å². The van der Waals surface area contributed by atoms with Crippen LogP contribution < -0.4 is 0 Å². The molecule has 7 saturated heterocycles. The van der Waals surface area contributed by atoms with Gasteiger partial charge in [-0.25, -0.2) is 4.89 Å². The van der Waals surface area contributed by atoms with Gasteiger partial charge in [0.15, 0.2) is 37.2 Å². The van der Waals surface area contributed by atoms with Crippen molar-refractivity contribution in [2.75, 3.05) is 35.0 Å². The van der Waals surface area contributed by atoms with Crippen molar-refractivity contribution in [3.63, 3.8) is 0 Å². The molecule has 26 nitrogen and oxygen atoms in total. The van der Waals surface area contributed by atoms with E-state index >= 15 is 0 Å². The zero-order valence-electron chi connectivity index (χ0n) is 58.2. The molecule has 0 aromatic rings. The Balaban J connectivity index is 0.600. The van der Waals surface area contributed by atoms with E-state index in [0.717, 1.165) is 44.9 Å². The highest BCUT2D eigenvalue weighted by molar-refractivity contribution is 5.96. The number of aliphatic hydroxyl groups is 5. The van der Waals surface area contributed by atoms with Crippen molar-refractivity contribution in [3.8, 4) is 0 Å². The lowest BCUT2D eigenvalue weighted by Crippen LogP contribution is -2.62. The van der Waals surface area contributed by atoms with E-state index in [1.165, 1.54) is 26.9 Å². The van der Waals surface area contributed by atoms with E-state index in [9.17, 15) is 30.3 Å². The summed E-state index contributed by atoms with van der Waals surface area (Å²) in [6.07, 6.45) is -8.86. The minimum Gasteiger partial charge on any atom is -0.493 e. The molecule has 0 aromatic heterocycles. The molecule has 0 radical (unpaired) electrons. The summed E-state index contributed by atoms with van der Waals surface area (Å²) in [5.41, 5.74) is -0.188. The fraction of sp³-hybridized carbons (Fsp3) is 0.928. The van der Waals surface area contributed by atoms with Crippen LogP contribution in [0.15, 0.2) is 23.5 Å².